The average molecular weight is 926 g/mol. The first-order valence-electron chi connectivity index (χ1n) is 22.1. The number of nitrogens with one attached hydrogen (secondary N) is 8. The number of phenols is 1. The summed E-state index contributed by atoms with van der Waals surface area (Å²) in [6.45, 7) is 8.47. The van der Waals surface area contributed by atoms with Crippen molar-refractivity contribution in [2.45, 2.75) is 122 Å². The van der Waals surface area contributed by atoms with E-state index in [1.165, 1.54) is 36.5 Å². The number of carboxylic acid groups (broad SMARTS) is 1. The first-order valence-corrected chi connectivity index (χ1v) is 22.1. The van der Waals surface area contributed by atoms with Crippen LogP contribution in [0.25, 0.3) is 0 Å². The number of aliphatic imine (C=N–C) groups is 1. The van der Waals surface area contributed by atoms with Gasteiger partial charge in [-0.2, -0.15) is 0 Å². The van der Waals surface area contributed by atoms with Gasteiger partial charge >= 0.3 is 5.97 Å². The third-order valence-electron chi connectivity index (χ3n) is 11.1. The molecule has 2 heterocycles. The number of guanidine groups is 1. The van der Waals surface area contributed by atoms with Crippen LogP contribution in [0.15, 0.2) is 41.8 Å². The zero-order chi connectivity index (χ0) is 49.1. The van der Waals surface area contributed by atoms with Gasteiger partial charge in [-0.05, 0) is 69.2 Å². The number of aromatic hydroxyl groups is 1. The second-order valence-corrected chi connectivity index (χ2v) is 16.7. The summed E-state index contributed by atoms with van der Waals surface area (Å²) in [6.07, 6.45) is 4.25. The second-order valence-electron chi connectivity index (χ2n) is 16.7. The lowest BCUT2D eigenvalue weighted by Crippen LogP contribution is -2.62. The monoisotopic (exact) mass is 926 g/mol. The number of likely N-dealkylation sites (tertiary alicyclic amines) is 1. The Bertz CT molecular complexity index is 1990. The van der Waals surface area contributed by atoms with Crippen LogP contribution in [0.3, 0.4) is 0 Å². The summed E-state index contributed by atoms with van der Waals surface area (Å²) in [5, 5.41) is 38.1. The van der Waals surface area contributed by atoms with Crippen LogP contribution in [-0.2, 0) is 51.2 Å². The number of nitrogens with two attached hydrogens (primary N) is 2. The van der Waals surface area contributed by atoms with Gasteiger partial charge in [0.05, 0.1) is 12.9 Å². The van der Waals surface area contributed by atoms with E-state index in [9.17, 15) is 48.6 Å². The number of carbonyl (C=O) groups excluding carboxylic acids is 7. The number of aromatic nitrogens is 2. The molecule has 0 saturated carbocycles. The van der Waals surface area contributed by atoms with Crippen LogP contribution in [0.2, 0.25) is 0 Å². The number of nitrogens with zero attached hydrogens (tertiary/aromatic N) is 3. The molecule has 14 N–H and O–H groups in total. The Morgan fingerprint density at radius 1 is 0.848 bits per heavy atom. The van der Waals surface area contributed by atoms with Crippen molar-refractivity contribution in [1.82, 2.24) is 52.1 Å². The van der Waals surface area contributed by atoms with Gasteiger partial charge in [0.15, 0.2) is 5.96 Å². The number of carbonyl (C=O) groups is 8. The number of amides is 7. The van der Waals surface area contributed by atoms with Crippen molar-refractivity contribution in [3.8, 4) is 5.75 Å². The molecule has 3 rings (SSSR count). The molecule has 1 aliphatic heterocycles. The number of carboxylic acids is 1. The topological polar surface area (TPSA) is 358 Å². The fraction of sp³-hybridized carbons (Fsp3) is 0.581. The minimum Gasteiger partial charge on any atom is -0.508 e. The number of likely N-dealkylation sites (N-methyl/N-ethyl adjacent to an activating group) is 1. The first kappa shape index (κ1) is 53.6. The average Bonchev–Trinajstić information content (AvgIpc) is 3.98. The molecule has 0 bridgehead atoms. The number of hydrogen-bond donors (Lipinski definition) is 12. The minimum atomic E-state index is -1.34. The van der Waals surface area contributed by atoms with Gasteiger partial charge in [0.1, 0.15) is 48.0 Å². The largest absolute Gasteiger partial charge is 0.508 e. The van der Waals surface area contributed by atoms with E-state index in [0.717, 1.165) is 0 Å². The maximum Gasteiger partial charge on any atom is 0.325 e. The standard InChI is InChI=1S/C43H67N13O10/c1-7-24(4)35(40(63)53-31(19-27-20-47-22-49-27)41(64)56-17-9-11-32(56)38(61)50-25(5)42(65)66)55-37(60)30(18-26-12-14-28(57)15-13-26)52-39(62)34(23(2)3)54-36(59)29(51-33(58)21-46-6)10-8-16-48-43(44)45/h12-15,20,22-25,29-32,34-35,46,57H,7-11,16-19,21H2,1-6H3,(H,47,49)(H,50,61)(H,51,58)(H,52,62)(H,53,63)(H,54,59)(H,55,60)(H,65,66)(H4,44,45,48)/t24-,25-,29-,30-,31-,32-,34-,35-/m0/s1. The number of benzene rings is 1. The number of aromatic amines is 1. The summed E-state index contributed by atoms with van der Waals surface area (Å²) >= 11 is 0. The second kappa shape index (κ2) is 26.2. The van der Waals surface area contributed by atoms with Gasteiger partial charge in [0.25, 0.3) is 0 Å². The fourth-order valence-corrected chi connectivity index (χ4v) is 7.21. The highest BCUT2D eigenvalue weighted by Gasteiger charge is 2.40. The Morgan fingerprint density at radius 3 is 2.08 bits per heavy atom. The van der Waals surface area contributed by atoms with Gasteiger partial charge < -0.3 is 68.8 Å². The number of imidazole rings is 1. The van der Waals surface area contributed by atoms with Crippen LogP contribution < -0.4 is 48.7 Å². The van der Waals surface area contributed by atoms with Crippen molar-refractivity contribution >= 4 is 53.3 Å². The maximum atomic E-state index is 14.4. The number of aliphatic carboxylic acids is 1. The lowest BCUT2D eigenvalue weighted by molar-refractivity contribution is -0.144. The fourth-order valence-electron chi connectivity index (χ4n) is 7.21. The lowest BCUT2D eigenvalue weighted by Gasteiger charge is -2.32. The van der Waals surface area contributed by atoms with Crippen molar-refractivity contribution in [2.24, 2.45) is 28.3 Å². The number of phenolic OH excluding ortho intramolecular Hbond substituents is 1. The molecule has 2 aromatic rings. The molecule has 23 nitrogen and oxygen atoms in total. The molecule has 23 heteroatoms. The van der Waals surface area contributed by atoms with Crippen LogP contribution in [0, 0.1) is 11.8 Å². The van der Waals surface area contributed by atoms with Crippen LogP contribution >= 0.6 is 0 Å². The van der Waals surface area contributed by atoms with Crippen LogP contribution in [0.4, 0.5) is 0 Å². The van der Waals surface area contributed by atoms with E-state index in [0.29, 0.717) is 30.5 Å². The van der Waals surface area contributed by atoms with E-state index >= 15 is 0 Å². The molecule has 1 aromatic carbocycles. The Labute approximate surface area is 383 Å². The lowest BCUT2D eigenvalue weighted by atomic mass is 9.96. The van der Waals surface area contributed by atoms with Gasteiger partial charge in [0, 0.05) is 37.8 Å². The first-order chi connectivity index (χ1) is 31.2. The molecule has 1 aliphatic rings. The molecule has 7 amide bonds. The Hall–Kier alpha value is -6.78. The molecule has 66 heavy (non-hydrogen) atoms. The van der Waals surface area contributed by atoms with E-state index < -0.39 is 101 Å². The predicted molar refractivity (Wildman–Crippen MR) is 242 cm³/mol. The van der Waals surface area contributed by atoms with Gasteiger partial charge in [-0.3, -0.25) is 43.3 Å². The Balaban J connectivity index is 1.91. The summed E-state index contributed by atoms with van der Waals surface area (Å²) in [7, 11) is 1.57. The summed E-state index contributed by atoms with van der Waals surface area (Å²) in [5.74, 6) is -7.10. The highest BCUT2D eigenvalue weighted by molar-refractivity contribution is 5.98. The maximum absolute atomic E-state index is 14.4. The molecule has 0 aliphatic carbocycles. The third kappa shape index (κ3) is 16.7. The third-order valence-corrected chi connectivity index (χ3v) is 11.1. The summed E-state index contributed by atoms with van der Waals surface area (Å²) in [4.78, 5) is 120. The van der Waals surface area contributed by atoms with Crippen molar-refractivity contribution in [3.63, 3.8) is 0 Å². The molecule has 1 fully saturated rings. The van der Waals surface area contributed by atoms with E-state index in [-0.39, 0.29) is 57.0 Å². The van der Waals surface area contributed by atoms with Crippen molar-refractivity contribution in [2.75, 3.05) is 26.7 Å². The molecule has 8 atom stereocenters. The van der Waals surface area contributed by atoms with Crippen LogP contribution in [0.5, 0.6) is 5.75 Å². The Morgan fingerprint density at radius 2 is 1.48 bits per heavy atom. The van der Waals surface area contributed by atoms with E-state index in [1.54, 1.807) is 46.9 Å². The molecule has 1 aromatic heterocycles. The van der Waals surface area contributed by atoms with Gasteiger partial charge in [-0.1, -0.05) is 46.2 Å². The smallest absolute Gasteiger partial charge is 0.325 e. The molecule has 0 unspecified atom stereocenters. The van der Waals surface area contributed by atoms with Crippen molar-refractivity contribution in [3.05, 3.63) is 48.0 Å². The highest BCUT2D eigenvalue weighted by Crippen LogP contribution is 2.21. The molecular weight excluding hydrogens is 859 g/mol. The number of H-pyrrole nitrogens is 1. The van der Waals surface area contributed by atoms with E-state index in [2.05, 4.69) is 52.2 Å². The molecular formula is C43H67N13O10. The summed E-state index contributed by atoms with van der Waals surface area (Å²) in [5.41, 5.74) is 11.9. The van der Waals surface area contributed by atoms with Crippen molar-refractivity contribution in [1.29, 1.82) is 0 Å². The van der Waals surface area contributed by atoms with Gasteiger partial charge in [0.2, 0.25) is 41.4 Å². The van der Waals surface area contributed by atoms with Crippen LogP contribution in [-0.4, -0.2) is 147 Å². The molecule has 0 spiro atoms. The number of hydrogen-bond acceptors (Lipinski definition) is 12. The highest BCUT2D eigenvalue weighted by atomic mass is 16.4. The van der Waals surface area contributed by atoms with Gasteiger partial charge in [-0.15, -0.1) is 0 Å². The number of rotatable bonds is 26. The van der Waals surface area contributed by atoms with Crippen LogP contribution in [0.1, 0.15) is 78.0 Å². The SMILES string of the molecule is CC[C@H](C)[C@H](NC(=O)[C@H](Cc1ccc(O)cc1)NC(=O)[C@@H](NC(=O)[C@H](CCCN=C(N)N)NC(=O)CNC)C(C)C)C(=O)N[C@@H](Cc1cnc[nH]1)C(=O)N1CCC[C@H]1C(=O)N[C@@H](C)C(=O)O. The molecule has 1 saturated heterocycles. The van der Waals surface area contributed by atoms with Crippen molar-refractivity contribution < 1.29 is 48.6 Å². The predicted octanol–water partition coefficient (Wildman–Crippen LogP) is -2.12. The summed E-state index contributed by atoms with van der Waals surface area (Å²) < 4.78 is 0. The van der Waals surface area contributed by atoms with E-state index in [1.807, 2.05) is 0 Å². The quantitative estimate of drug-likeness (QED) is 0.0273. The molecule has 364 valence electrons. The zero-order valence-corrected chi connectivity index (χ0v) is 38.4. The van der Waals surface area contributed by atoms with E-state index in [4.69, 9.17) is 11.5 Å². The summed E-state index contributed by atoms with van der Waals surface area (Å²) in [6, 6.07) is -2.40. The molecule has 0 radical (unpaired) electrons. The zero-order valence-electron chi connectivity index (χ0n) is 38.4. The van der Waals surface area contributed by atoms with Gasteiger partial charge in [-0.25, -0.2) is 4.98 Å². The minimum absolute atomic E-state index is 0.0375. The Kier molecular flexibility index (Phi) is 21.3. The normalized spacial score (nSPS) is 16.6.